The molecule has 3 atom stereocenters. The van der Waals surface area contributed by atoms with Crippen molar-refractivity contribution >= 4 is 23.2 Å². The van der Waals surface area contributed by atoms with E-state index in [-0.39, 0.29) is 11.8 Å². The molecular formula is C15H21NO3S. The Morgan fingerprint density at radius 2 is 2.10 bits per heavy atom. The molecule has 3 unspecified atom stereocenters. The van der Waals surface area contributed by atoms with Gasteiger partial charge in [-0.3, -0.25) is 9.59 Å². The van der Waals surface area contributed by atoms with Crippen molar-refractivity contribution in [1.29, 1.82) is 0 Å². The molecule has 4 nitrogen and oxygen atoms in total. The van der Waals surface area contributed by atoms with E-state index in [0.29, 0.717) is 25.3 Å². The molecule has 1 aliphatic carbocycles. The highest BCUT2D eigenvalue weighted by molar-refractivity contribution is 7.09. The predicted octanol–water partition coefficient (Wildman–Crippen LogP) is 2.50. The molecule has 1 N–H and O–H groups in total. The van der Waals surface area contributed by atoms with Crippen molar-refractivity contribution in [3.05, 3.63) is 22.4 Å². The van der Waals surface area contributed by atoms with E-state index in [0.717, 1.165) is 6.42 Å². The summed E-state index contributed by atoms with van der Waals surface area (Å²) in [6.07, 6.45) is 2.14. The van der Waals surface area contributed by atoms with Gasteiger partial charge >= 0.3 is 5.97 Å². The standard InChI is InChI=1S/C15H21NO3S/c1-10-8-12(13(9-10)15(18)19)14(17)16(2)6-5-11-4-3-7-20-11/h3-4,7,10,12-13H,5-6,8-9H2,1-2H3,(H,18,19). The van der Waals surface area contributed by atoms with Crippen LogP contribution in [0.3, 0.4) is 0 Å². The van der Waals surface area contributed by atoms with Crippen molar-refractivity contribution in [2.45, 2.75) is 26.2 Å². The van der Waals surface area contributed by atoms with Crippen molar-refractivity contribution in [1.82, 2.24) is 4.90 Å². The molecule has 0 spiro atoms. The van der Waals surface area contributed by atoms with Gasteiger partial charge in [0, 0.05) is 18.5 Å². The molecule has 0 radical (unpaired) electrons. The van der Waals surface area contributed by atoms with Crippen LogP contribution >= 0.6 is 11.3 Å². The first-order valence-corrected chi connectivity index (χ1v) is 7.87. The zero-order valence-electron chi connectivity index (χ0n) is 11.9. The second-order valence-electron chi connectivity index (χ2n) is 5.72. The molecule has 0 aliphatic heterocycles. The number of nitrogens with zero attached hydrogens (tertiary/aromatic N) is 1. The fourth-order valence-electron chi connectivity index (χ4n) is 2.96. The first-order chi connectivity index (χ1) is 9.49. The molecule has 0 bridgehead atoms. The molecule has 0 aromatic carbocycles. The summed E-state index contributed by atoms with van der Waals surface area (Å²) >= 11 is 1.68. The number of aliphatic carboxylic acids is 1. The monoisotopic (exact) mass is 295 g/mol. The minimum atomic E-state index is -0.834. The topological polar surface area (TPSA) is 57.6 Å². The van der Waals surface area contributed by atoms with Gasteiger partial charge in [0.25, 0.3) is 0 Å². The second-order valence-corrected chi connectivity index (χ2v) is 6.75. The molecular weight excluding hydrogens is 274 g/mol. The minimum absolute atomic E-state index is 0.0155. The van der Waals surface area contributed by atoms with E-state index in [1.807, 2.05) is 18.4 Å². The van der Waals surface area contributed by atoms with Gasteiger partial charge in [0.2, 0.25) is 5.91 Å². The average molecular weight is 295 g/mol. The Kier molecular flexibility index (Phi) is 4.81. The second kappa shape index (κ2) is 6.39. The van der Waals surface area contributed by atoms with E-state index in [9.17, 15) is 14.7 Å². The van der Waals surface area contributed by atoms with Crippen LogP contribution in [0.5, 0.6) is 0 Å². The van der Waals surface area contributed by atoms with Crippen molar-refractivity contribution < 1.29 is 14.7 Å². The van der Waals surface area contributed by atoms with Crippen molar-refractivity contribution in [3.8, 4) is 0 Å². The Bertz CT molecular complexity index is 471. The van der Waals surface area contributed by atoms with Crippen molar-refractivity contribution in [2.24, 2.45) is 17.8 Å². The van der Waals surface area contributed by atoms with Crippen LogP contribution in [-0.4, -0.2) is 35.5 Å². The third-order valence-electron chi connectivity index (χ3n) is 4.08. The highest BCUT2D eigenvalue weighted by Crippen LogP contribution is 2.37. The number of carboxylic acids is 1. The quantitative estimate of drug-likeness (QED) is 0.908. The number of hydrogen-bond donors (Lipinski definition) is 1. The van der Waals surface area contributed by atoms with Gasteiger partial charge < -0.3 is 10.0 Å². The summed E-state index contributed by atoms with van der Waals surface area (Å²) in [5.41, 5.74) is 0. The summed E-state index contributed by atoms with van der Waals surface area (Å²) in [4.78, 5) is 26.6. The summed E-state index contributed by atoms with van der Waals surface area (Å²) in [6, 6.07) is 4.06. The zero-order valence-corrected chi connectivity index (χ0v) is 12.7. The van der Waals surface area contributed by atoms with Crippen LogP contribution in [0.15, 0.2) is 17.5 Å². The van der Waals surface area contributed by atoms with Gasteiger partial charge in [0.05, 0.1) is 11.8 Å². The van der Waals surface area contributed by atoms with Gasteiger partial charge in [0.1, 0.15) is 0 Å². The van der Waals surface area contributed by atoms with E-state index in [1.165, 1.54) is 4.88 Å². The fourth-order valence-corrected chi connectivity index (χ4v) is 3.66. The van der Waals surface area contributed by atoms with Crippen molar-refractivity contribution in [2.75, 3.05) is 13.6 Å². The van der Waals surface area contributed by atoms with Gasteiger partial charge in [0.15, 0.2) is 0 Å². The Morgan fingerprint density at radius 1 is 1.40 bits per heavy atom. The van der Waals surface area contributed by atoms with E-state index in [4.69, 9.17) is 0 Å². The van der Waals surface area contributed by atoms with E-state index >= 15 is 0 Å². The van der Waals surface area contributed by atoms with Gasteiger partial charge in [-0.25, -0.2) is 0 Å². The number of amides is 1. The first kappa shape index (κ1) is 15.0. The van der Waals surface area contributed by atoms with Crippen LogP contribution < -0.4 is 0 Å². The Balaban J connectivity index is 1.93. The third kappa shape index (κ3) is 3.39. The molecule has 1 fully saturated rings. The number of carbonyl (C=O) groups is 2. The Hall–Kier alpha value is -1.36. The fraction of sp³-hybridized carbons (Fsp3) is 0.600. The summed E-state index contributed by atoms with van der Waals surface area (Å²) in [6.45, 7) is 2.67. The number of carbonyl (C=O) groups excluding carboxylic acids is 1. The highest BCUT2D eigenvalue weighted by atomic mass is 32.1. The highest BCUT2D eigenvalue weighted by Gasteiger charge is 2.42. The average Bonchev–Trinajstić information content (AvgIpc) is 3.03. The van der Waals surface area contributed by atoms with Gasteiger partial charge in [-0.05, 0) is 36.6 Å². The lowest BCUT2D eigenvalue weighted by atomic mass is 9.95. The number of thiophene rings is 1. The maximum atomic E-state index is 12.4. The number of hydrogen-bond acceptors (Lipinski definition) is 3. The Labute approximate surface area is 123 Å². The first-order valence-electron chi connectivity index (χ1n) is 6.99. The molecule has 0 saturated heterocycles. The Morgan fingerprint density at radius 3 is 2.70 bits per heavy atom. The SMILES string of the molecule is CC1CC(C(=O)O)C(C(=O)N(C)CCc2cccs2)C1. The lowest BCUT2D eigenvalue weighted by Crippen LogP contribution is -2.37. The summed E-state index contributed by atoms with van der Waals surface area (Å²) in [5, 5.41) is 11.3. The molecule has 1 aliphatic rings. The van der Waals surface area contributed by atoms with Crippen LogP contribution in [0.25, 0.3) is 0 Å². The molecule has 1 saturated carbocycles. The molecule has 5 heteroatoms. The lowest BCUT2D eigenvalue weighted by molar-refractivity contribution is -0.148. The summed E-state index contributed by atoms with van der Waals surface area (Å²) in [5.74, 6) is -1.40. The van der Waals surface area contributed by atoms with E-state index < -0.39 is 11.9 Å². The normalized spacial score (nSPS) is 25.6. The maximum absolute atomic E-state index is 12.4. The molecule has 20 heavy (non-hydrogen) atoms. The third-order valence-corrected chi connectivity index (χ3v) is 5.02. The van der Waals surface area contributed by atoms with Gasteiger partial charge in [-0.15, -0.1) is 11.3 Å². The van der Waals surface area contributed by atoms with Crippen LogP contribution in [-0.2, 0) is 16.0 Å². The van der Waals surface area contributed by atoms with Gasteiger partial charge in [-0.1, -0.05) is 13.0 Å². The molecule has 110 valence electrons. The summed E-state index contributed by atoms with van der Waals surface area (Å²) in [7, 11) is 1.78. The largest absolute Gasteiger partial charge is 0.481 e. The number of likely N-dealkylation sites (N-methyl/N-ethyl adjacent to an activating group) is 1. The van der Waals surface area contributed by atoms with Crippen LogP contribution in [0.4, 0.5) is 0 Å². The minimum Gasteiger partial charge on any atom is -0.481 e. The zero-order chi connectivity index (χ0) is 14.7. The molecule has 1 amide bonds. The number of carboxylic acid groups (broad SMARTS) is 1. The molecule has 1 heterocycles. The lowest BCUT2D eigenvalue weighted by Gasteiger charge is -2.23. The van der Waals surface area contributed by atoms with Crippen molar-refractivity contribution in [3.63, 3.8) is 0 Å². The predicted molar refractivity (Wildman–Crippen MR) is 78.7 cm³/mol. The molecule has 1 aromatic rings. The molecule has 1 aromatic heterocycles. The molecule has 2 rings (SSSR count). The van der Waals surface area contributed by atoms with Crippen LogP contribution in [0.1, 0.15) is 24.6 Å². The van der Waals surface area contributed by atoms with E-state index in [1.54, 1.807) is 23.3 Å². The van der Waals surface area contributed by atoms with E-state index in [2.05, 4.69) is 6.07 Å². The van der Waals surface area contributed by atoms with Crippen LogP contribution in [0.2, 0.25) is 0 Å². The smallest absolute Gasteiger partial charge is 0.307 e. The number of rotatable bonds is 5. The maximum Gasteiger partial charge on any atom is 0.307 e. The van der Waals surface area contributed by atoms with Crippen LogP contribution in [0, 0.1) is 17.8 Å². The summed E-state index contributed by atoms with van der Waals surface area (Å²) < 4.78 is 0. The van der Waals surface area contributed by atoms with Gasteiger partial charge in [-0.2, -0.15) is 0 Å².